The first-order chi connectivity index (χ1) is 6.46. The summed E-state index contributed by atoms with van der Waals surface area (Å²) >= 11 is 0. The van der Waals surface area contributed by atoms with Crippen LogP contribution in [0, 0.1) is 0 Å². The average molecular weight is 224 g/mol. The molecular weight excluding hydrogens is 199 g/mol. The van der Waals surface area contributed by atoms with E-state index in [2.05, 4.69) is 0 Å². The Morgan fingerprint density at radius 3 is 1.64 bits per heavy atom. The molecule has 0 saturated carbocycles. The molecule has 2 N–H and O–H groups in total. The zero-order chi connectivity index (χ0) is 11.1. The summed E-state index contributed by atoms with van der Waals surface area (Å²) < 4.78 is 5.26. The van der Waals surface area contributed by atoms with Crippen LogP contribution in [0.4, 0.5) is 0 Å². The standard InChI is InChI=1S/C10H25O3P/c1-4-7-9-14(11,12,13-6-3)10-8-5-2/h11-12H,4-10H2,1-3H3. The summed E-state index contributed by atoms with van der Waals surface area (Å²) in [6, 6.07) is 0. The summed E-state index contributed by atoms with van der Waals surface area (Å²) in [5.41, 5.74) is 0. The monoisotopic (exact) mass is 224 g/mol. The van der Waals surface area contributed by atoms with Gasteiger partial charge in [0.25, 0.3) is 0 Å². The Hall–Kier alpha value is 0.310. The van der Waals surface area contributed by atoms with Gasteiger partial charge in [0.15, 0.2) is 0 Å². The fourth-order valence-corrected chi connectivity index (χ4v) is 4.47. The van der Waals surface area contributed by atoms with E-state index >= 15 is 0 Å². The van der Waals surface area contributed by atoms with Crippen LogP contribution in [0.2, 0.25) is 0 Å². The summed E-state index contributed by atoms with van der Waals surface area (Å²) in [7, 11) is -3.76. The summed E-state index contributed by atoms with van der Waals surface area (Å²) in [6.45, 7) is 6.29. The molecule has 88 valence electrons. The van der Waals surface area contributed by atoms with Crippen LogP contribution in [0.1, 0.15) is 46.5 Å². The maximum atomic E-state index is 10.2. The molecule has 0 aromatic rings. The van der Waals surface area contributed by atoms with Gasteiger partial charge in [0.05, 0.1) is 0 Å². The van der Waals surface area contributed by atoms with Crippen molar-refractivity contribution in [1.29, 1.82) is 0 Å². The topological polar surface area (TPSA) is 49.7 Å². The van der Waals surface area contributed by atoms with Gasteiger partial charge in [-0.3, -0.25) is 0 Å². The first-order valence-corrected chi connectivity index (χ1v) is 8.06. The van der Waals surface area contributed by atoms with Gasteiger partial charge in [-0.25, -0.2) is 0 Å². The number of hydrogen-bond acceptors (Lipinski definition) is 3. The Bertz CT molecular complexity index is 147. The van der Waals surface area contributed by atoms with E-state index in [0.29, 0.717) is 18.9 Å². The van der Waals surface area contributed by atoms with Crippen molar-refractivity contribution in [3.63, 3.8) is 0 Å². The van der Waals surface area contributed by atoms with E-state index in [4.69, 9.17) is 4.52 Å². The van der Waals surface area contributed by atoms with Gasteiger partial charge >= 0.3 is 87.0 Å². The molecule has 0 fully saturated rings. The van der Waals surface area contributed by atoms with Gasteiger partial charge in [-0.15, -0.1) is 0 Å². The molecule has 0 radical (unpaired) electrons. The van der Waals surface area contributed by atoms with E-state index < -0.39 is 7.28 Å². The molecule has 4 heteroatoms. The molecule has 0 aromatic carbocycles. The minimum atomic E-state index is -3.76. The number of unbranched alkanes of at least 4 members (excludes halogenated alkanes) is 2. The van der Waals surface area contributed by atoms with Gasteiger partial charge in [0, 0.05) is 0 Å². The molecule has 0 aliphatic carbocycles. The number of hydrogen-bond donors (Lipinski definition) is 2. The fraction of sp³-hybridized carbons (Fsp3) is 1.00. The Morgan fingerprint density at radius 2 is 1.36 bits per heavy atom. The van der Waals surface area contributed by atoms with Crippen LogP contribution in [-0.4, -0.2) is 28.7 Å². The molecule has 0 aliphatic rings. The second-order valence-electron chi connectivity index (χ2n) is 3.87. The third-order valence-electron chi connectivity index (χ3n) is 2.35. The summed E-state index contributed by atoms with van der Waals surface area (Å²) in [5.74, 6) is 0. The first kappa shape index (κ1) is 14.3. The van der Waals surface area contributed by atoms with Gasteiger partial charge in [-0.2, -0.15) is 0 Å². The van der Waals surface area contributed by atoms with Gasteiger partial charge in [0.1, 0.15) is 0 Å². The normalized spacial score (nSPS) is 15.1. The van der Waals surface area contributed by atoms with Crippen molar-refractivity contribution >= 4 is 7.28 Å². The average Bonchev–Trinajstić information content (AvgIpc) is 2.13. The molecule has 0 spiro atoms. The van der Waals surface area contributed by atoms with Crippen LogP contribution in [0.3, 0.4) is 0 Å². The Balaban J connectivity index is 4.30. The predicted octanol–water partition coefficient (Wildman–Crippen LogP) is 2.91. The zero-order valence-electron chi connectivity index (χ0n) is 9.70. The van der Waals surface area contributed by atoms with Crippen LogP contribution in [0.15, 0.2) is 0 Å². The molecule has 0 atom stereocenters. The third-order valence-corrected chi connectivity index (χ3v) is 5.63. The van der Waals surface area contributed by atoms with Gasteiger partial charge in [-0.05, 0) is 0 Å². The molecule has 14 heavy (non-hydrogen) atoms. The first-order valence-electron chi connectivity index (χ1n) is 5.63. The molecule has 3 nitrogen and oxygen atoms in total. The molecule has 0 heterocycles. The third kappa shape index (κ3) is 5.26. The molecule has 0 aliphatic heterocycles. The van der Waals surface area contributed by atoms with E-state index in [1.165, 1.54) is 0 Å². The van der Waals surface area contributed by atoms with E-state index in [0.717, 1.165) is 25.7 Å². The van der Waals surface area contributed by atoms with Crippen molar-refractivity contribution in [2.45, 2.75) is 46.5 Å². The summed E-state index contributed by atoms with van der Waals surface area (Å²) in [4.78, 5) is 20.4. The molecular formula is C10H25O3P. The quantitative estimate of drug-likeness (QED) is 0.623. The minimum absolute atomic E-state index is 0.387. The molecule has 0 bridgehead atoms. The van der Waals surface area contributed by atoms with E-state index in [9.17, 15) is 9.79 Å². The second kappa shape index (κ2) is 6.02. The van der Waals surface area contributed by atoms with Gasteiger partial charge in [-0.1, -0.05) is 0 Å². The van der Waals surface area contributed by atoms with Crippen molar-refractivity contribution in [2.24, 2.45) is 0 Å². The molecule has 0 aromatic heterocycles. The van der Waals surface area contributed by atoms with Gasteiger partial charge < -0.3 is 0 Å². The SMILES string of the molecule is CCCCP(O)(O)(CCCC)OCC. The maximum absolute atomic E-state index is 10.2. The van der Waals surface area contributed by atoms with Crippen LogP contribution in [0.25, 0.3) is 0 Å². The Morgan fingerprint density at radius 1 is 0.929 bits per heavy atom. The number of rotatable bonds is 8. The van der Waals surface area contributed by atoms with Gasteiger partial charge in [0.2, 0.25) is 0 Å². The van der Waals surface area contributed by atoms with Crippen molar-refractivity contribution in [3.05, 3.63) is 0 Å². The van der Waals surface area contributed by atoms with Crippen molar-refractivity contribution < 1.29 is 14.3 Å². The zero-order valence-corrected chi connectivity index (χ0v) is 10.6. The predicted molar refractivity (Wildman–Crippen MR) is 62.5 cm³/mol. The molecule has 0 amide bonds. The molecule has 0 unspecified atom stereocenters. The van der Waals surface area contributed by atoms with Crippen LogP contribution >= 0.6 is 7.28 Å². The van der Waals surface area contributed by atoms with E-state index in [1.54, 1.807) is 0 Å². The molecule has 0 saturated heterocycles. The summed E-state index contributed by atoms with van der Waals surface area (Å²) in [5, 5.41) is 0. The molecule has 0 rings (SSSR count). The Labute approximate surface area is 87.7 Å². The van der Waals surface area contributed by atoms with Crippen LogP contribution in [-0.2, 0) is 4.52 Å². The second-order valence-corrected chi connectivity index (χ2v) is 7.63. The fourth-order valence-electron chi connectivity index (χ4n) is 1.49. The van der Waals surface area contributed by atoms with E-state index in [1.807, 2.05) is 20.8 Å². The van der Waals surface area contributed by atoms with E-state index in [-0.39, 0.29) is 0 Å². The Kier molecular flexibility index (Phi) is 6.15. The van der Waals surface area contributed by atoms with Crippen molar-refractivity contribution in [1.82, 2.24) is 0 Å². The van der Waals surface area contributed by atoms with Crippen molar-refractivity contribution in [2.75, 3.05) is 18.9 Å². The van der Waals surface area contributed by atoms with Crippen LogP contribution in [0.5, 0.6) is 0 Å². The van der Waals surface area contributed by atoms with Crippen LogP contribution < -0.4 is 0 Å². The summed E-state index contributed by atoms with van der Waals surface area (Å²) in [6.07, 6.45) is 4.45. The van der Waals surface area contributed by atoms with Crippen molar-refractivity contribution in [3.8, 4) is 0 Å².